The van der Waals surface area contributed by atoms with Crippen molar-refractivity contribution in [1.82, 2.24) is 0 Å². The van der Waals surface area contributed by atoms with E-state index in [2.05, 4.69) is 20.8 Å². The van der Waals surface area contributed by atoms with E-state index in [1.54, 1.807) is 0 Å². The van der Waals surface area contributed by atoms with Gasteiger partial charge in [0.1, 0.15) is 5.78 Å². The van der Waals surface area contributed by atoms with E-state index in [1.807, 2.05) is 0 Å². The Morgan fingerprint density at radius 2 is 1.57 bits per heavy atom. The summed E-state index contributed by atoms with van der Waals surface area (Å²) in [6, 6.07) is 0. The molecule has 0 aromatic carbocycles. The molecular weight excluding hydrogens is 172 g/mol. The number of carbonyl (C=O) groups is 1. The second-order valence-electron chi connectivity index (χ2n) is 6.26. The number of fused-ring (bicyclic) bond motifs is 2. The second-order valence-corrected chi connectivity index (χ2v) is 6.26. The van der Waals surface area contributed by atoms with Gasteiger partial charge in [0, 0.05) is 11.8 Å². The van der Waals surface area contributed by atoms with Crippen molar-refractivity contribution in [3.8, 4) is 0 Å². The van der Waals surface area contributed by atoms with E-state index < -0.39 is 0 Å². The maximum Gasteiger partial charge on any atom is 0.139 e. The molecule has 2 aliphatic rings. The third-order valence-corrected chi connectivity index (χ3v) is 4.27. The first-order valence-electron chi connectivity index (χ1n) is 6.02. The van der Waals surface area contributed by atoms with Gasteiger partial charge in [-0.1, -0.05) is 27.2 Å². The van der Waals surface area contributed by atoms with Crippen molar-refractivity contribution in [3.63, 3.8) is 0 Å². The molecule has 2 rings (SSSR count). The molecule has 0 radical (unpaired) electrons. The van der Waals surface area contributed by atoms with Crippen LogP contribution in [0.2, 0.25) is 0 Å². The van der Waals surface area contributed by atoms with E-state index in [0.717, 1.165) is 5.92 Å². The van der Waals surface area contributed by atoms with Crippen LogP contribution in [0.4, 0.5) is 0 Å². The standard InChI is InChI=1S/C13H22O/c1-13(2,3)11-7-9-5-4-6-10(8-11)12(9)14/h9-11H,4-8H2,1-3H3/t9-,10+,11?. The summed E-state index contributed by atoms with van der Waals surface area (Å²) in [5.41, 5.74) is 0.397. The number of ketones is 1. The van der Waals surface area contributed by atoms with Crippen LogP contribution < -0.4 is 0 Å². The smallest absolute Gasteiger partial charge is 0.139 e. The van der Waals surface area contributed by atoms with Crippen molar-refractivity contribution in [2.75, 3.05) is 0 Å². The molecule has 1 unspecified atom stereocenters. The molecule has 0 aromatic rings. The second kappa shape index (κ2) is 3.36. The number of carbonyl (C=O) groups excluding carboxylic acids is 1. The van der Waals surface area contributed by atoms with Gasteiger partial charge in [-0.2, -0.15) is 0 Å². The fourth-order valence-corrected chi connectivity index (χ4v) is 3.19. The van der Waals surface area contributed by atoms with Crippen LogP contribution in [-0.2, 0) is 4.79 Å². The Labute approximate surface area is 87.3 Å². The summed E-state index contributed by atoms with van der Waals surface area (Å²) in [6.07, 6.45) is 5.96. The molecule has 2 bridgehead atoms. The van der Waals surface area contributed by atoms with Crippen molar-refractivity contribution in [2.24, 2.45) is 23.2 Å². The van der Waals surface area contributed by atoms with E-state index in [1.165, 1.54) is 32.1 Å². The van der Waals surface area contributed by atoms with Crippen LogP contribution >= 0.6 is 0 Å². The summed E-state index contributed by atoms with van der Waals surface area (Å²) >= 11 is 0. The summed E-state index contributed by atoms with van der Waals surface area (Å²) in [7, 11) is 0. The lowest BCUT2D eigenvalue weighted by molar-refractivity contribution is -0.134. The Hall–Kier alpha value is -0.330. The Kier molecular flexibility index (Phi) is 2.45. The van der Waals surface area contributed by atoms with Crippen LogP contribution in [0.15, 0.2) is 0 Å². The monoisotopic (exact) mass is 194 g/mol. The van der Waals surface area contributed by atoms with Crippen molar-refractivity contribution < 1.29 is 4.79 Å². The van der Waals surface area contributed by atoms with Gasteiger partial charge in [0.15, 0.2) is 0 Å². The Bertz CT molecular complexity index is 220. The summed E-state index contributed by atoms with van der Waals surface area (Å²) < 4.78 is 0. The maximum atomic E-state index is 11.9. The number of hydrogen-bond donors (Lipinski definition) is 0. The Morgan fingerprint density at radius 3 is 2.00 bits per heavy atom. The van der Waals surface area contributed by atoms with E-state index in [4.69, 9.17) is 0 Å². The predicted molar refractivity (Wildman–Crippen MR) is 58.0 cm³/mol. The van der Waals surface area contributed by atoms with E-state index >= 15 is 0 Å². The molecule has 0 saturated heterocycles. The molecule has 2 fully saturated rings. The van der Waals surface area contributed by atoms with E-state index in [-0.39, 0.29) is 0 Å². The Morgan fingerprint density at radius 1 is 1.07 bits per heavy atom. The average molecular weight is 194 g/mol. The van der Waals surface area contributed by atoms with E-state index in [0.29, 0.717) is 23.0 Å². The topological polar surface area (TPSA) is 17.1 Å². The third kappa shape index (κ3) is 1.74. The fraction of sp³-hybridized carbons (Fsp3) is 0.923. The molecule has 1 heteroatoms. The van der Waals surface area contributed by atoms with Gasteiger partial charge in [0.2, 0.25) is 0 Å². The van der Waals surface area contributed by atoms with Crippen molar-refractivity contribution in [3.05, 3.63) is 0 Å². The van der Waals surface area contributed by atoms with Gasteiger partial charge < -0.3 is 0 Å². The van der Waals surface area contributed by atoms with Gasteiger partial charge in [-0.05, 0) is 37.0 Å². The molecule has 0 spiro atoms. The van der Waals surface area contributed by atoms with Gasteiger partial charge >= 0.3 is 0 Å². The summed E-state index contributed by atoms with van der Waals surface area (Å²) in [6.45, 7) is 6.97. The molecule has 0 N–H and O–H groups in total. The molecule has 1 nitrogen and oxygen atoms in total. The Balaban J connectivity index is 2.11. The lowest BCUT2D eigenvalue weighted by Gasteiger charge is -2.43. The molecule has 0 aromatic heterocycles. The SMILES string of the molecule is CC(C)(C)C1C[C@H]2CCC[C@@H](C1)C2=O. The van der Waals surface area contributed by atoms with E-state index in [9.17, 15) is 4.79 Å². The zero-order valence-electron chi connectivity index (χ0n) is 9.68. The number of hydrogen-bond acceptors (Lipinski definition) is 1. The third-order valence-electron chi connectivity index (χ3n) is 4.27. The molecule has 14 heavy (non-hydrogen) atoms. The maximum absolute atomic E-state index is 11.9. The summed E-state index contributed by atoms with van der Waals surface area (Å²) in [5, 5.41) is 0. The van der Waals surface area contributed by atoms with Gasteiger partial charge in [0.05, 0.1) is 0 Å². The predicted octanol–water partition coefficient (Wildman–Crippen LogP) is 3.43. The number of rotatable bonds is 0. The molecule has 80 valence electrons. The lowest BCUT2D eigenvalue weighted by Crippen LogP contribution is -2.40. The zero-order valence-corrected chi connectivity index (χ0v) is 9.68. The molecular formula is C13H22O. The molecule has 3 atom stereocenters. The quantitative estimate of drug-likeness (QED) is 0.577. The van der Waals surface area contributed by atoms with Crippen LogP contribution in [0.3, 0.4) is 0 Å². The lowest BCUT2D eigenvalue weighted by atomic mass is 9.61. The van der Waals surface area contributed by atoms with Gasteiger partial charge in [-0.15, -0.1) is 0 Å². The highest BCUT2D eigenvalue weighted by molar-refractivity contribution is 5.84. The van der Waals surface area contributed by atoms with Crippen molar-refractivity contribution in [1.29, 1.82) is 0 Å². The highest BCUT2D eigenvalue weighted by atomic mass is 16.1. The van der Waals surface area contributed by atoms with Gasteiger partial charge in [0.25, 0.3) is 0 Å². The van der Waals surface area contributed by atoms with Crippen molar-refractivity contribution >= 4 is 5.78 Å². The van der Waals surface area contributed by atoms with Crippen LogP contribution in [-0.4, -0.2) is 5.78 Å². The minimum absolute atomic E-state index is 0.397. The highest BCUT2D eigenvalue weighted by Crippen LogP contribution is 2.46. The normalized spacial score (nSPS) is 38.5. The first kappa shape index (κ1) is 10.2. The van der Waals surface area contributed by atoms with Crippen LogP contribution in [0.25, 0.3) is 0 Å². The van der Waals surface area contributed by atoms with Crippen LogP contribution in [0, 0.1) is 23.2 Å². The average Bonchev–Trinajstić information content (AvgIpc) is 2.00. The van der Waals surface area contributed by atoms with Gasteiger partial charge in [-0.25, -0.2) is 0 Å². The van der Waals surface area contributed by atoms with Gasteiger partial charge in [-0.3, -0.25) is 4.79 Å². The summed E-state index contributed by atoms with van der Waals surface area (Å²) in [4.78, 5) is 11.9. The van der Waals surface area contributed by atoms with Crippen LogP contribution in [0.5, 0.6) is 0 Å². The molecule has 2 aliphatic carbocycles. The van der Waals surface area contributed by atoms with Crippen LogP contribution in [0.1, 0.15) is 52.9 Å². The number of Topliss-reactive ketones (excluding diaryl/α,β-unsaturated/α-hetero) is 1. The highest BCUT2D eigenvalue weighted by Gasteiger charge is 2.42. The first-order valence-corrected chi connectivity index (χ1v) is 6.02. The minimum atomic E-state index is 0.397. The fourth-order valence-electron chi connectivity index (χ4n) is 3.19. The molecule has 0 amide bonds. The zero-order chi connectivity index (χ0) is 10.3. The molecule has 2 saturated carbocycles. The largest absolute Gasteiger partial charge is 0.299 e. The first-order chi connectivity index (χ1) is 6.48. The molecule has 0 aliphatic heterocycles. The van der Waals surface area contributed by atoms with Crippen molar-refractivity contribution in [2.45, 2.75) is 52.9 Å². The minimum Gasteiger partial charge on any atom is -0.299 e. The summed E-state index contributed by atoms with van der Waals surface area (Å²) in [5.74, 6) is 2.21. The molecule has 0 heterocycles.